The van der Waals surface area contributed by atoms with Crippen molar-refractivity contribution in [1.29, 1.82) is 5.26 Å². The van der Waals surface area contributed by atoms with E-state index in [0.29, 0.717) is 16.5 Å². The van der Waals surface area contributed by atoms with Gasteiger partial charge in [0.25, 0.3) is 5.56 Å². The first-order valence-corrected chi connectivity index (χ1v) is 8.18. The Balaban J connectivity index is 1.64. The molecule has 0 amide bonds. The van der Waals surface area contributed by atoms with Gasteiger partial charge < -0.3 is 9.15 Å². The number of hydrogen-bond acceptors (Lipinski definition) is 6. The van der Waals surface area contributed by atoms with Crippen LogP contribution in [0.5, 0.6) is 0 Å². The van der Waals surface area contributed by atoms with Crippen molar-refractivity contribution in [3.8, 4) is 6.07 Å². The van der Waals surface area contributed by atoms with Crippen LogP contribution in [0.3, 0.4) is 0 Å². The molecule has 0 aliphatic carbocycles. The molecule has 0 N–H and O–H groups in total. The smallest absolute Gasteiger partial charge is 0.374 e. The minimum Gasteiger partial charge on any atom is -0.452 e. The molecule has 0 radical (unpaired) electrons. The molecular formula is C20H13N3O4. The molecule has 0 unspecified atom stereocenters. The summed E-state index contributed by atoms with van der Waals surface area (Å²) in [5.41, 5.74) is 0.707. The third-order valence-electron chi connectivity index (χ3n) is 4.13. The Morgan fingerprint density at radius 1 is 1.19 bits per heavy atom. The summed E-state index contributed by atoms with van der Waals surface area (Å²) in [5.74, 6) is -0.409. The van der Waals surface area contributed by atoms with E-state index in [9.17, 15) is 9.59 Å². The highest BCUT2D eigenvalue weighted by molar-refractivity contribution is 5.92. The summed E-state index contributed by atoms with van der Waals surface area (Å²) >= 11 is 0. The summed E-state index contributed by atoms with van der Waals surface area (Å²) in [6.07, 6.45) is 0. The number of carbonyl (C=O) groups is 1. The molecule has 2 heterocycles. The molecule has 0 saturated carbocycles. The number of furan rings is 1. The topological polar surface area (TPSA) is 98.1 Å². The fraction of sp³-hybridized carbons (Fsp3) is 0.100. The first-order valence-electron chi connectivity index (χ1n) is 8.18. The van der Waals surface area contributed by atoms with Crippen molar-refractivity contribution >= 4 is 27.8 Å². The van der Waals surface area contributed by atoms with Crippen molar-refractivity contribution in [3.63, 3.8) is 0 Å². The van der Waals surface area contributed by atoms with Crippen molar-refractivity contribution in [2.24, 2.45) is 0 Å². The number of fused-ring (bicyclic) bond motifs is 2. The van der Waals surface area contributed by atoms with Gasteiger partial charge in [0, 0.05) is 5.39 Å². The van der Waals surface area contributed by atoms with E-state index in [4.69, 9.17) is 14.4 Å². The van der Waals surface area contributed by atoms with Gasteiger partial charge in [0.2, 0.25) is 5.76 Å². The molecule has 0 fully saturated rings. The van der Waals surface area contributed by atoms with Gasteiger partial charge in [-0.15, -0.1) is 0 Å². The minimum atomic E-state index is -0.669. The Labute approximate surface area is 153 Å². The highest BCUT2D eigenvalue weighted by Gasteiger charge is 2.16. The summed E-state index contributed by atoms with van der Waals surface area (Å²) < 4.78 is 11.9. The van der Waals surface area contributed by atoms with Crippen molar-refractivity contribution < 1.29 is 13.9 Å². The zero-order valence-corrected chi connectivity index (χ0v) is 14.1. The largest absolute Gasteiger partial charge is 0.452 e. The monoisotopic (exact) mass is 359 g/mol. The van der Waals surface area contributed by atoms with Crippen LogP contribution in [-0.2, 0) is 17.9 Å². The Bertz CT molecular complexity index is 1230. The quantitative estimate of drug-likeness (QED) is 0.520. The SMILES string of the molecule is N#CCn1c(COC(=O)c2cc3ccccc3o2)nc2ccccc2c1=O. The molecule has 7 nitrogen and oxygen atoms in total. The summed E-state index contributed by atoms with van der Waals surface area (Å²) in [4.78, 5) is 29.3. The number of ether oxygens (including phenoxy) is 1. The molecule has 4 rings (SSSR count). The van der Waals surface area contributed by atoms with Crippen molar-refractivity contribution in [2.75, 3.05) is 0 Å². The Morgan fingerprint density at radius 3 is 2.78 bits per heavy atom. The van der Waals surface area contributed by atoms with Crippen LogP contribution in [0.25, 0.3) is 21.9 Å². The summed E-state index contributed by atoms with van der Waals surface area (Å²) in [6, 6.07) is 17.6. The van der Waals surface area contributed by atoms with Crippen LogP contribution < -0.4 is 5.56 Å². The lowest BCUT2D eigenvalue weighted by Crippen LogP contribution is -2.26. The number of carbonyl (C=O) groups excluding carboxylic acids is 1. The van der Waals surface area contributed by atoms with Gasteiger partial charge in [0.05, 0.1) is 17.0 Å². The Hall–Kier alpha value is -3.92. The number of benzene rings is 2. The third kappa shape index (κ3) is 3.04. The summed E-state index contributed by atoms with van der Waals surface area (Å²) in [5, 5.41) is 10.2. The minimum absolute atomic E-state index is 0.0613. The van der Waals surface area contributed by atoms with Crippen molar-refractivity contribution in [1.82, 2.24) is 9.55 Å². The lowest BCUT2D eigenvalue weighted by Gasteiger charge is -2.10. The maximum Gasteiger partial charge on any atom is 0.374 e. The molecule has 2 aromatic heterocycles. The first kappa shape index (κ1) is 16.5. The molecular weight excluding hydrogens is 346 g/mol. The van der Waals surface area contributed by atoms with Gasteiger partial charge in [0.15, 0.2) is 5.82 Å². The zero-order valence-electron chi connectivity index (χ0n) is 14.1. The third-order valence-corrected chi connectivity index (χ3v) is 4.13. The fourth-order valence-corrected chi connectivity index (χ4v) is 2.84. The molecule has 132 valence electrons. The van der Waals surface area contributed by atoms with Gasteiger partial charge in [-0.2, -0.15) is 5.26 Å². The number of aromatic nitrogens is 2. The van der Waals surface area contributed by atoms with Gasteiger partial charge in [-0.3, -0.25) is 9.36 Å². The van der Waals surface area contributed by atoms with Crippen LogP contribution in [0.1, 0.15) is 16.4 Å². The molecule has 27 heavy (non-hydrogen) atoms. The summed E-state index contributed by atoms with van der Waals surface area (Å²) in [7, 11) is 0. The van der Waals surface area contributed by atoms with Crippen LogP contribution in [-0.4, -0.2) is 15.5 Å². The van der Waals surface area contributed by atoms with Crippen molar-refractivity contribution in [3.05, 3.63) is 76.5 Å². The van der Waals surface area contributed by atoms with Crippen LogP contribution in [0.2, 0.25) is 0 Å². The highest BCUT2D eigenvalue weighted by Crippen LogP contribution is 2.19. The van der Waals surface area contributed by atoms with Crippen molar-refractivity contribution in [2.45, 2.75) is 13.2 Å². The lowest BCUT2D eigenvalue weighted by molar-refractivity contribution is 0.0423. The van der Waals surface area contributed by atoms with Gasteiger partial charge in [0.1, 0.15) is 18.7 Å². The standard InChI is InChI=1S/C20H13N3O4/c21-9-10-23-18(22-15-7-3-2-6-14(15)19(23)24)12-26-20(25)17-11-13-5-1-4-8-16(13)27-17/h1-8,11H,10,12H2. The Kier molecular flexibility index (Phi) is 4.15. The molecule has 0 atom stereocenters. The maximum absolute atomic E-state index is 12.6. The predicted octanol–water partition coefficient (Wildman–Crippen LogP) is 3.02. The van der Waals surface area contributed by atoms with Crippen LogP contribution in [0.15, 0.2) is 63.8 Å². The molecule has 0 spiro atoms. The molecule has 4 aromatic rings. The molecule has 0 aliphatic rings. The van der Waals surface area contributed by atoms with E-state index in [1.165, 1.54) is 4.57 Å². The van der Waals surface area contributed by atoms with Crippen LogP contribution in [0, 0.1) is 11.3 Å². The van der Waals surface area contributed by atoms with E-state index in [1.54, 1.807) is 42.5 Å². The number of rotatable bonds is 4. The number of esters is 1. The predicted molar refractivity (Wildman–Crippen MR) is 96.9 cm³/mol. The zero-order chi connectivity index (χ0) is 18.8. The van der Waals surface area contributed by atoms with Crippen LogP contribution >= 0.6 is 0 Å². The second kappa shape index (κ2) is 6.77. The summed E-state index contributed by atoms with van der Waals surface area (Å²) in [6.45, 7) is -0.439. The molecule has 2 aromatic carbocycles. The van der Waals surface area contributed by atoms with E-state index >= 15 is 0 Å². The second-order valence-electron chi connectivity index (χ2n) is 5.82. The normalized spacial score (nSPS) is 10.8. The number of nitriles is 1. The highest BCUT2D eigenvalue weighted by atomic mass is 16.5. The molecule has 0 aliphatic heterocycles. The van der Waals surface area contributed by atoms with Gasteiger partial charge in [-0.05, 0) is 24.3 Å². The molecule has 0 bridgehead atoms. The molecule has 0 saturated heterocycles. The average Bonchev–Trinajstić information content (AvgIpc) is 3.13. The van der Waals surface area contributed by atoms with Gasteiger partial charge >= 0.3 is 5.97 Å². The number of para-hydroxylation sites is 2. The van der Waals surface area contributed by atoms with E-state index in [0.717, 1.165) is 5.39 Å². The number of hydrogen-bond donors (Lipinski definition) is 0. The molecule has 7 heteroatoms. The van der Waals surface area contributed by atoms with Gasteiger partial charge in [-0.1, -0.05) is 30.3 Å². The Morgan fingerprint density at radius 2 is 1.96 bits per heavy atom. The van der Waals surface area contributed by atoms with Gasteiger partial charge in [-0.25, -0.2) is 9.78 Å². The fourth-order valence-electron chi connectivity index (χ4n) is 2.84. The van der Waals surface area contributed by atoms with E-state index in [-0.39, 0.29) is 30.3 Å². The second-order valence-corrected chi connectivity index (χ2v) is 5.82. The van der Waals surface area contributed by atoms with Crippen LogP contribution in [0.4, 0.5) is 0 Å². The first-order chi connectivity index (χ1) is 13.2. The lowest BCUT2D eigenvalue weighted by atomic mass is 10.2. The maximum atomic E-state index is 12.6. The average molecular weight is 359 g/mol. The van der Waals surface area contributed by atoms with E-state index in [1.807, 2.05) is 18.2 Å². The number of nitrogens with zero attached hydrogens (tertiary/aromatic N) is 3. The van der Waals surface area contributed by atoms with E-state index < -0.39 is 5.97 Å². The van der Waals surface area contributed by atoms with E-state index in [2.05, 4.69) is 4.98 Å².